The van der Waals surface area contributed by atoms with Crippen LogP contribution in [0, 0.1) is 5.92 Å². The zero-order valence-electron chi connectivity index (χ0n) is 15.1. The third-order valence-electron chi connectivity index (χ3n) is 5.16. The minimum Gasteiger partial charge on any atom is -0.299 e. The Balaban J connectivity index is 1.56. The molecule has 3 rings (SSSR count). The average Bonchev–Trinajstić information content (AvgIpc) is 2.59. The van der Waals surface area contributed by atoms with Crippen LogP contribution >= 0.6 is 11.6 Å². The maximum absolute atomic E-state index is 11.8. The summed E-state index contributed by atoms with van der Waals surface area (Å²) < 4.78 is 0. The predicted octanol–water partition coefficient (Wildman–Crippen LogP) is 5.17. The van der Waals surface area contributed by atoms with Crippen LogP contribution in [0.1, 0.15) is 47.3 Å². The smallest absolute Gasteiger partial charge is 0.160 e. The maximum Gasteiger partial charge on any atom is 0.160 e. The Kier molecular flexibility index (Phi) is 5.93. The number of hydrogen-bond donors (Lipinski definition) is 0. The van der Waals surface area contributed by atoms with Gasteiger partial charge in [0, 0.05) is 23.7 Å². The van der Waals surface area contributed by atoms with Gasteiger partial charge in [-0.1, -0.05) is 42.8 Å². The van der Waals surface area contributed by atoms with Gasteiger partial charge in [0.2, 0.25) is 0 Å². The zero-order chi connectivity index (χ0) is 17.8. The number of rotatable bonds is 6. The van der Waals surface area contributed by atoms with Crippen molar-refractivity contribution in [2.75, 3.05) is 13.1 Å². The summed E-state index contributed by atoms with van der Waals surface area (Å²) in [7, 11) is 0. The second-order valence-corrected chi connectivity index (χ2v) is 7.69. The molecule has 25 heavy (non-hydrogen) atoms. The molecule has 132 valence electrons. The summed E-state index contributed by atoms with van der Waals surface area (Å²) in [5, 5.41) is 0.708. The van der Waals surface area contributed by atoms with Gasteiger partial charge >= 0.3 is 0 Å². The van der Waals surface area contributed by atoms with E-state index in [9.17, 15) is 4.79 Å². The molecular formula is C22H26ClNO. The van der Waals surface area contributed by atoms with Crippen LogP contribution in [0.2, 0.25) is 5.02 Å². The topological polar surface area (TPSA) is 20.3 Å². The van der Waals surface area contributed by atoms with Gasteiger partial charge < -0.3 is 0 Å². The van der Waals surface area contributed by atoms with E-state index in [2.05, 4.69) is 36.1 Å². The molecular weight excluding hydrogens is 330 g/mol. The quantitative estimate of drug-likeness (QED) is 0.666. The van der Waals surface area contributed by atoms with Crippen molar-refractivity contribution in [2.24, 2.45) is 5.92 Å². The first-order valence-electron chi connectivity index (χ1n) is 9.11. The van der Waals surface area contributed by atoms with E-state index in [0.717, 1.165) is 50.0 Å². The standard InChI is InChI=1S/C22H26ClNO/c1-16(13-20-14-21(23)7-8-22(20)17(2)25)9-11-24-12-10-18-5-3-4-6-19(18)15-24/h3-8,14,16H,9-13,15H2,1-2H3. The Labute approximate surface area is 155 Å². The summed E-state index contributed by atoms with van der Waals surface area (Å²) in [4.78, 5) is 14.4. The van der Waals surface area contributed by atoms with Crippen LogP contribution < -0.4 is 0 Å². The monoisotopic (exact) mass is 355 g/mol. The van der Waals surface area contributed by atoms with Crippen LogP contribution in [0.4, 0.5) is 0 Å². The van der Waals surface area contributed by atoms with Crippen molar-refractivity contribution in [1.29, 1.82) is 0 Å². The number of benzene rings is 2. The minimum atomic E-state index is 0.117. The highest BCUT2D eigenvalue weighted by atomic mass is 35.5. The molecule has 0 fully saturated rings. The van der Waals surface area contributed by atoms with Crippen molar-refractivity contribution in [3.8, 4) is 0 Å². The molecule has 0 spiro atoms. The van der Waals surface area contributed by atoms with Crippen LogP contribution in [0.3, 0.4) is 0 Å². The molecule has 0 radical (unpaired) electrons. The van der Waals surface area contributed by atoms with Crippen molar-refractivity contribution in [3.05, 3.63) is 69.7 Å². The number of ketones is 1. The second kappa shape index (κ2) is 8.16. The highest BCUT2D eigenvalue weighted by molar-refractivity contribution is 6.30. The lowest BCUT2D eigenvalue weighted by molar-refractivity contribution is 0.101. The largest absolute Gasteiger partial charge is 0.299 e. The van der Waals surface area contributed by atoms with E-state index in [0.29, 0.717) is 10.9 Å². The first-order chi connectivity index (χ1) is 12.0. The van der Waals surface area contributed by atoms with Crippen LogP contribution in [0.5, 0.6) is 0 Å². The molecule has 0 bridgehead atoms. The maximum atomic E-state index is 11.8. The van der Waals surface area contributed by atoms with Gasteiger partial charge in [0.25, 0.3) is 0 Å². The van der Waals surface area contributed by atoms with Gasteiger partial charge in [-0.15, -0.1) is 0 Å². The number of carbonyl (C=O) groups excluding carboxylic acids is 1. The molecule has 2 aromatic carbocycles. The van der Waals surface area contributed by atoms with Gasteiger partial charge in [-0.2, -0.15) is 0 Å². The number of halogens is 1. The normalized spacial score (nSPS) is 15.6. The molecule has 0 aliphatic carbocycles. The van der Waals surface area contributed by atoms with Crippen LogP contribution in [0.15, 0.2) is 42.5 Å². The highest BCUT2D eigenvalue weighted by Gasteiger charge is 2.17. The number of nitrogens with zero attached hydrogens (tertiary/aromatic N) is 1. The Hall–Kier alpha value is -1.64. The predicted molar refractivity (Wildman–Crippen MR) is 104 cm³/mol. The molecule has 0 N–H and O–H groups in total. The number of Topliss-reactive ketones (excluding diaryl/α,β-unsaturated/α-hetero) is 1. The van der Waals surface area contributed by atoms with E-state index in [1.165, 1.54) is 11.1 Å². The van der Waals surface area contributed by atoms with Gasteiger partial charge in [0.15, 0.2) is 5.78 Å². The van der Waals surface area contributed by atoms with E-state index in [1.807, 2.05) is 12.1 Å². The SMILES string of the molecule is CC(=O)c1ccc(Cl)cc1CC(C)CCN1CCc2ccccc2C1. The van der Waals surface area contributed by atoms with Gasteiger partial charge in [0.1, 0.15) is 0 Å². The fraction of sp³-hybridized carbons (Fsp3) is 0.409. The number of carbonyl (C=O) groups is 1. The molecule has 0 amide bonds. The third kappa shape index (κ3) is 4.71. The van der Waals surface area contributed by atoms with Crippen molar-refractivity contribution in [1.82, 2.24) is 4.90 Å². The number of hydrogen-bond acceptors (Lipinski definition) is 2. The molecule has 1 unspecified atom stereocenters. The summed E-state index contributed by atoms with van der Waals surface area (Å²) in [5.41, 5.74) is 4.85. The third-order valence-corrected chi connectivity index (χ3v) is 5.40. The zero-order valence-corrected chi connectivity index (χ0v) is 15.9. The number of fused-ring (bicyclic) bond motifs is 1. The average molecular weight is 356 g/mol. The molecule has 3 heteroatoms. The van der Waals surface area contributed by atoms with Gasteiger partial charge in [-0.25, -0.2) is 0 Å². The Morgan fingerprint density at radius 3 is 2.72 bits per heavy atom. The fourth-order valence-corrected chi connectivity index (χ4v) is 3.89. The Morgan fingerprint density at radius 1 is 1.20 bits per heavy atom. The lowest BCUT2D eigenvalue weighted by atomic mass is 9.92. The second-order valence-electron chi connectivity index (χ2n) is 7.25. The molecule has 2 aromatic rings. The summed E-state index contributed by atoms with van der Waals surface area (Å²) in [6.45, 7) is 7.19. The Bertz CT molecular complexity index is 755. The Morgan fingerprint density at radius 2 is 1.96 bits per heavy atom. The molecule has 0 aromatic heterocycles. The van der Waals surface area contributed by atoms with Crippen LogP contribution in [-0.2, 0) is 19.4 Å². The van der Waals surface area contributed by atoms with E-state index in [1.54, 1.807) is 13.0 Å². The summed E-state index contributed by atoms with van der Waals surface area (Å²) in [5.74, 6) is 0.639. The van der Waals surface area contributed by atoms with Crippen molar-refractivity contribution < 1.29 is 4.79 Å². The van der Waals surface area contributed by atoms with Crippen molar-refractivity contribution >= 4 is 17.4 Å². The molecule has 1 aliphatic heterocycles. The molecule has 0 saturated heterocycles. The minimum absolute atomic E-state index is 0.117. The summed E-state index contributed by atoms with van der Waals surface area (Å²) >= 11 is 6.13. The molecule has 1 heterocycles. The lowest BCUT2D eigenvalue weighted by Crippen LogP contribution is -2.32. The van der Waals surface area contributed by atoms with Gasteiger partial charge in [-0.3, -0.25) is 9.69 Å². The van der Waals surface area contributed by atoms with E-state index in [-0.39, 0.29) is 5.78 Å². The van der Waals surface area contributed by atoms with Gasteiger partial charge in [-0.05, 0) is 73.5 Å². The van der Waals surface area contributed by atoms with E-state index < -0.39 is 0 Å². The summed E-state index contributed by atoms with van der Waals surface area (Å²) in [6.07, 6.45) is 3.18. The molecule has 1 atom stereocenters. The lowest BCUT2D eigenvalue weighted by Gasteiger charge is -2.29. The first-order valence-corrected chi connectivity index (χ1v) is 9.49. The first kappa shape index (κ1) is 18.2. The van der Waals surface area contributed by atoms with Crippen LogP contribution in [-0.4, -0.2) is 23.8 Å². The molecule has 0 saturated carbocycles. The van der Waals surface area contributed by atoms with Crippen molar-refractivity contribution in [2.45, 2.75) is 39.7 Å². The van der Waals surface area contributed by atoms with Gasteiger partial charge in [0.05, 0.1) is 0 Å². The van der Waals surface area contributed by atoms with Crippen LogP contribution in [0.25, 0.3) is 0 Å². The highest BCUT2D eigenvalue weighted by Crippen LogP contribution is 2.23. The fourth-order valence-electron chi connectivity index (χ4n) is 3.70. The summed E-state index contributed by atoms with van der Waals surface area (Å²) in [6, 6.07) is 14.4. The van der Waals surface area contributed by atoms with Crippen molar-refractivity contribution in [3.63, 3.8) is 0 Å². The van der Waals surface area contributed by atoms with E-state index >= 15 is 0 Å². The molecule has 2 nitrogen and oxygen atoms in total. The molecule has 1 aliphatic rings. The van der Waals surface area contributed by atoms with E-state index in [4.69, 9.17) is 11.6 Å².